The van der Waals surface area contributed by atoms with Crippen LogP contribution >= 0.6 is 0 Å². The molecule has 61 heavy (non-hydrogen) atoms. The molecule has 2 heterocycles. The fraction of sp³-hybridized carbons (Fsp3) is 0.0508. The summed E-state index contributed by atoms with van der Waals surface area (Å²) >= 11 is 0. The van der Waals surface area contributed by atoms with Crippen LogP contribution in [0.3, 0.4) is 0 Å². The monoisotopic (exact) mass is 783 g/mol. The highest BCUT2D eigenvalue weighted by Crippen LogP contribution is 2.45. The Morgan fingerprint density at radius 3 is 1.66 bits per heavy atom. The third-order valence-corrected chi connectivity index (χ3v) is 11.9. The van der Waals surface area contributed by atoms with E-state index in [9.17, 15) is 0 Å². The van der Waals surface area contributed by atoms with Gasteiger partial charge in [-0.1, -0.05) is 184 Å². The van der Waals surface area contributed by atoms with E-state index in [1.54, 1.807) is 0 Å². The Morgan fingerprint density at radius 2 is 0.984 bits per heavy atom. The number of fused-ring (bicyclic) bond motifs is 6. The SMILES string of the molecule is C=Cc1c(/C=C\C)oc2c(-c3ccc4c(c3)c3ccccc3n4-c3ccc(-c4ccc5c(-c6ccccc6)c6ccccc6c(-c6ccccc6)c5c4)cc3)cccc12.CC. The number of hydrogen-bond donors (Lipinski definition) is 0. The van der Waals surface area contributed by atoms with Gasteiger partial charge in [-0.05, 0) is 110 Å². The minimum atomic E-state index is 0.830. The third kappa shape index (κ3) is 6.27. The second-order valence-electron chi connectivity index (χ2n) is 15.2. The first-order valence-corrected chi connectivity index (χ1v) is 21.2. The molecule has 2 aromatic heterocycles. The van der Waals surface area contributed by atoms with Gasteiger partial charge in [0, 0.05) is 33.0 Å². The first-order chi connectivity index (χ1) is 30.2. The quantitative estimate of drug-likeness (QED) is 0.147. The lowest BCUT2D eigenvalue weighted by molar-refractivity contribution is 0.604. The smallest absolute Gasteiger partial charge is 0.143 e. The van der Waals surface area contributed by atoms with Gasteiger partial charge in [-0.15, -0.1) is 0 Å². The molecular weight excluding hydrogens is 739 g/mol. The molecule has 2 heteroatoms. The van der Waals surface area contributed by atoms with Crippen molar-refractivity contribution < 1.29 is 4.42 Å². The lowest BCUT2D eigenvalue weighted by Crippen LogP contribution is -1.94. The van der Waals surface area contributed by atoms with E-state index in [1.807, 2.05) is 39.0 Å². The molecule has 0 saturated carbocycles. The Labute approximate surface area is 357 Å². The highest BCUT2D eigenvalue weighted by atomic mass is 16.3. The van der Waals surface area contributed by atoms with Crippen LogP contribution in [0, 0.1) is 0 Å². The van der Waals surface area contributed by atoms with Crippen molar-refractivity contribution in [3.05, 3.63) is 212 Å². The Kier molecular flexibility index (Phi) is 9.75. The maximum Gasteiger partial charge on any atom is 0.143 e. The highest BCUT2D eigenvalue weighted by Gasteiger charge is 2.19. The second-order valence-corrected chi connectivity index (χ2v) is 15.2. The van der Waals surface area contributed by atoms with Gasteiger partial charge in [0.2, 0.25) is 0 Å². The summed E-state index contributed by atoms with van der Waals surface area (Å²) in [5.41, 5.74) is 14.9. The molecule has 0 atom stereocenters. The van der Waals surface area contributed by atoms with Gasteiger partial charge in [0.15, 0.2) is 0 Å². The second kappa shape index (κ2) is 15.8. The van der Waals surface area contributed by atoms with Crippen LogP contribution in [0.25, 0.3) is 117 Å². The molecule has 0 bridgehead atoms. The summed E-state index contributed by atoms with van der Waals surface area (Å²) in [4.78, 5) is 0. The predicted octanol–water partition coefficient (Wildman–Crippen LogP) is 17.2. The predicted molar refractivity (Wildman–Crippen MR) is 263 cm³/mol. The lowest BCUT2D eigenvalue weighted by Gasteiger charge is -2.19. The normalized spacial score (nSPS) is 11.5. The number of furan rings is 1. The van der Waals surface area contributed by atoms with Crippen LogP contribution in [0.2, 0.25) is 0 Å². The summed E-state index contributed by atoms with van der Waals surface area (Å²) in [6, 6.07) is 68.4. The van der Waals surface area contributed by atoms with Crippen LogP contribution in [0.4, 0.5) is 0 Å². The number of hydrogen-bond acceptors (Lipinski definition) is 1. The molecule has 292 valence electrons. The molecule has 9 aromatic carbocycles. The molecule has 2 nitrogen and oxygen atoms in total. The maximum atomic E-state index is 6.47. The summed E-state index contributed by atoms with van der Waals surface area (Å²) in [5.74, 6) is 0.830. The molecule has 0 N–H and O–H groups in total. The van der Waals surface area contributed by atoms with Gasteiger partial charge in [0.1, 0.15) is 11.3 Å². The van der Waals surface area contributed by atoms with E-state index in [0.29, 0.717) is 0 Å². The summed E-state index contributed by atoms with van der Waals surface area (Å²) in [6.07, 6.45) is 5.90. The van der Waals surface area contributed by atoms with E-state index in [4.69, 9.17) is 4.42 Å². The van der Waals surface area contributed by atoms with Crippen molar-refractivity contribution in [1.82, 2.24) is 4.57 Å². The third-order valence-electron chi connectivity index (χ3n) is 11.9. The Hall–Kier alpha value is -7.68. The van der Waals surface area contributed by atoms with Crippen molar-refractivity contribution >= 4 is 66.5 Å². The van der Waals surface area contributed by atoms with Crippen molar-refractivity contribution in [2.75, 3.05) is 0 Å². The van der Waals surface area contributed by atoms with Crippen molar-refractivity contribution in [3.63, 3.8) is 0 Å². The fourth-order valence-electron chi connectivity index (χ4n) is 9.28. The fourth-order valence-corrected chi connectivity index (χ4v) is 9.28. The average Bonchev–Trinajstić information content (AvgIpc) is 3.86. The Morgan fingerprint density at radius 1 is 0.443 bits per heavy atom. The van der Waals surface area contributed by atoms with Crippen LogP contribution in [-0.4, -0.2) is 4.57 Å². The molecule has 0 spiro atoms. The van der Waals surface area contributed by atoms with Gasteiger partial charge < -0.3 is 8.98 Å². The molecule has 0 unspecified atom stereocenters. The molecule has 11 rings (SSSR count). The first-order valence-electron chi connectivity index (χ1n) is 21.2. The van der Waals surface area contributed by atoms with E-state index in [0.717, 1.165) is 44.6 Å². The van der Waals surface area contributed by atoms with Gasteiger partial charge in [0.05, 0.1) is 11.0 Å². The van der Waals surface area contributed by atoms with E-state index >= 15 is 0 Å². The molecule has 0 saturated heterocycles. The van der Waals surface area contributed by atoms with E-state index in [2.05, 4.69) is 199 Å². The highest BCUT2D eigenvalue weighted by molar-refractivity contribution is 6.22. The van der Waals surface area contributed by atoms with Crippen LogP contribution in [0.1, 0.15) is 32.1 Å². The van der Waals surface area contributed by atoms with Crippen LogP contribution in [0.5, 0.6) is 0 Å². The average molecular weight is 784 g/mol. The minimum absolute atomic E-state index is 0.830. The Balaban J connectivity index is 0.00000220. The van der Waals surface area contributed by atoms with Gasteiger partial charge in [-0.25, -0.2) is 0 Å². The molecule has 0 radical (unpaired) electrons. The zero-order chi connectivity index (χ0) is 41.5. The zero-order valence-electron chi connectivity index (χ0n) is 34.7. The number of rotatable bonds is 7. The van der Waals surface area contributed by atoms with Crippen molar-refractivity contribution in [2.24, 2.45) is 0 Å². The van der Waals surface area contributed by atoms with Gasteiger partial charge in [0.25, 0.3) is 0 Å². The van der Waals surface area contributed by atoms with Crippen LogP contribution in [0.15, 0.2) is 205 Å². The number of para-hydroxylation sites is 2. The number of aromatic nitrogens is 1. The van der Waals surface area contributed by atoms with E-state index < -0.39 is 0 Å². The topological polar surface area (TPSA) is 18.1 Å². The van der Waals surface area contributed by atoms with Crippen LogP contribution in [-0.2, 0) is 0 Å². The molecule has 0 aliphatic rings. The van der Waals surface area contributed by atoms with Gasteiger partial charge in [-0.3, -0.25) is 0 Å². The van der Waals surface area contributed by atoms with Crippen molar-refractivity contribution in [3.8, 4) is 50.2 Å². The summed E-state index contributed by atoms with van der Waals surface area (Å²) in [6.45, 7) is 10.1. The van der Waals surface area contributed by atoms with E-state index in [-0.39, 0.29) is 0 Å². The summed E-state index contributed by atoms with van der Waals surface area (Å²) in [5, 5.41) is 8.50. The minimum Gasteiger partial charge on any atom is -0.455 e. The van der Waals surface area contributed by atoms with Gasteiger partial charge >= 0.3 is 0 Å². The molecule has 0 amide bonds. The standard InChI is InChI=1S/C57H39NO.C2H6/c1-3-16-54-43(4-2)49-25-15-24-44(57(49)59-54)41-30-34-53-50(36-41)45-21-13-14-26-52(45)58(53)42-31-27-37(28-32-42)40-29-33-48-51(35-40)56(39-19-9-6-10-20-39)47-23-12-11-22-46(47)55(48)38-17-7-5-8-18-38;1-2/h3-36H,2H2,1H3;1-2H3/b16-3-;. The summed E-state index contributed by atoms with van der Waals surface area (Å²) < 4.78 is 8.86. The summed E-state index contributed by atoms with van der Waals surface area (Å²) in [7, 11) is 0. The van der Waals surface area contributed by atoms with Crippen molar-refractivity contribution in [2.45, 2.75) is 20.8 Å². The number of benzene rings is 9. The van der Waals surface area contributed by atoms with Crippen LogP contribution < -0.4 is 0 Å². The van der Waals surface area contributed by atoms with Gasteiger partial charge in [-0.2, -0.15) is 0 Å². The Bertz CT molecular complexity index is 3440. The zero-order valence-corrected chi connectivity index (χ0v) is 34.7. The number of nitrogens with zero attached hydrogens (tertiary/aromatic N) is 1. The van der Waals surface area contributed by atoms with E-state index in [1.165, 1.54) is 71.2 Å². The number of allylic oxidation sites excluding steroid dienone is 1. The van der Waals surface area contributed by atoms with Crippen molar-refractivity contribution in [1.29, 1.82) is 0 Å². The first kappa shape index (κ1) is 37.6. The molecule has 11 aromatic rings. The molecule has 0 aliphatic carbocycles. The lowest BCUT2D eigenvalue weighted by atomic mass is 9.85. The largest absolute Gasteiger partial charge is 0.455 e. The molecular formula is C59H45NO. The molecule has 0 aliphatic heterocycles. The maximum absolute atomic E-state index is 6.47. The molecule has 0 fully saturated rings.